The Morgan fingerprint density at radius 1 is 0.342 bits per heavy atom. The molecule has 0 saturated heterocycles. The molecule has 4 fully saturated rings. The highest BCUT2D eigenvalue weighted by atomic mass is 15.1. The van der Waals surface area contributed by atoms with Gasteiger partial charge in [0.05, 0.1) is 16.8 Å². The van der Waals surface area contributed by atoms with Crippen molar-refractivity contribution >= 4 is 17.1 Å². The van der Waals surface area contributed by atoms with Crippen molar-refractivity contribution in [2.24, 2.45) is 10.8 Å². The van der Waals surface area contributed by atoms with Gasteiger partial charge in [-0.15, -0.1) is 0 Å². The van der Waals surface area contributed by atoms with Gasteiger partial charge in [0.2, 0.25) is 0 Å². The Hall–Kier alpha value is -6.44. The van der Waals surface area contributed by atoms with Crippen molar-refractivity contribution in [3.63, 3.8) is 0 Å². The SMILES string of the molecule is CC1(c2ccc3c(c2)C2(c4cc(C5(C)CCC6(CCCC6)C5)ccc4-3)c3ccccc3-c3c(N(c4ccc5c(c4)C(C)(C)c4ccccc4-5)c4ccccc4-c4ccccc4)cccc32)CCC2(CCCC2)C1. The summed E-state index contributed by atoms with van der Waals surface area (Å²) in [6, 6.07) is 69.4. The first-order valence-electron chi connectivity index (χ1n) is 28.3. The van der Waals surface area contributed by atoms with E-state index in [1.54, 1.807) is 11.1 Å². The van der Waals surface area contributed by atoms with Crippen LogP contribution in [0.15, 0.2) is 176 Å². The lowest BCUT2D eigenvalue weighted by atomic mass is 9.67. The van der Waals surface area contributed by atoms with Crippen LogP contribution in [0.2, 0.25) is 0 Å². The molecule has 0 N–H and O–H groups in total. The van der Waals surface area contributed by atoms with Crippen LogP contribution in [0.1, 0.15) is 162 Å². The molecule has 3 spiro atoms. The molecule has 0 aliphatic heterocycles. The van der Waals surface area contributed by atoms with Crippen LogP contribution in [-0.2, 0) is 21.7 Å². The standard InChI is InChI=1S/C72H69N/c1-67(2)58-24-11-8-22-53(58)54-34-31-51(45-61(54)67)73(64-27-13-10-21-52(64)48-19-6-5-7-20-48)65-28-18-26-60-66(65)57-23-9-12-25-59(57)72(60)62-43-49(68(3)39-41-70(46-68)35-14-15-36-70)29-32-55(62)56-33-30-50(44-63(56)72)69(4)40-42-71(47-69)37-16-17-38-71/h5-13,18-34,43-45H,14-17,35-42,46-47H2,1-4H3. The summed E-state index contributed by atoms with van der Waals surface area (Å²) in [7, 11) is 0. The summed E-state index contributed by atoms with van der Waals surface area (Å²) in [6.45, 7) is 10.1. The second-order valence-corrected chi connectivity index (χ2v) is 25.5. The monoisotopic (exact) mass is 948 g/mol. The fourth-order valence-electron chi connectivity index (χ4n) is 17.6. The summed E-state index contributed by atoms with van der Waals surface area (Å²) in [5.41, 5.74) is 26.8. The molecule has 2 atom stereocenters. The van der Waals surface area contributed by atoms with E-state index in [-0.39, 0.29) is 16.2 Å². The lowest BCUT2D eigenvalue weighted by Crippen LogP contribution is -2.28. The maximum atomic E-state index is 2.76. The van der Waals surface area contributed by atoms with Gasteiger partial charge in [0.25, 0.3) is 0 Å². The second kappa shape index (κ2) is 15.6. The molecule has 0 heterocycles. The summed E-state index contributed by atoms with van der Waals surface area (Å²) >= 11 is 0. The smallest absolute Gasteiger partial charge is 0.0726 e. The Bertz CT molecular complexity index is 3470. The van der Waals surface area contributed by atoms with Crippen molar-refractivity contribution in [2.45, 2.75) is 139 Å². The largest absolute Gasteiger partial charge is 0.309 e. The zero-order valence-corrected chi connectivity index (χ0v) is 43.6. The molecule has 0 radical (unpaired) electrons. The van der Waals surface area contributed by atoms with Gasteiger partial charge in [0, 0.05) is 22.2 Å². The van der Waals surface area contributed by atoms with Gasteiger partial charge in [-0.25, -0.2) is 0 Å². The van der Waals surface area contributed by atoms with Crippen LogP contribution in [0.3, 0.4) is 0 Å². The van der Waals surface area contributed by atoms with E-state index >= 15 is 0 Å². The maximum absolute atomic E-state index is 2.76. The number of hydrogen-bond donors (Lipinski definition) is 0. The van der Waals surface area contributed by atoms with Crippen LogP contribution < -0.4 is 4.90 Å². The van der Waals surface area contributed by atoms with E-state index in [2.05, 4.69) is 209 Å². The van der Waals surface area contributed by atoms with Crippen molar-refractivity contribution in [1.29, 1.82) is 0 Å². The van der Waals surface area contributed by atoms with Gasteiger partial charge in [-0.2, -0.15) is 0 Å². The van der Waals surface area contributed by atoms with Crippen molar-refractivity contribution < 1.29 is 0 Å². The van der Waals surface area contributed by atoms with Gasteiger partial charge < -0.3 is 4.90 Å². The molecule has 15 rings (SSSR count). The van der Waals surface area contributed by atoms with E-state index in [9.17, 15) is 0 Å². The highest BCUT2D eigenvalue weighted by Crippen LogP contribution is 2.68. The zero-order valence-electron chi connectivity index (χ0n) is 43.6. The average Bonchev–Trinajstić information content (AvgIpc) is 4.33. The molecular weight excluding hydrogens is 879 g/mol. The van der Waals surface area contributed by atoms with Gasteiger partial charge in [-0.05, 0) is 188 Å². The molecule has 4 saturated carbocycles. The van der Waals surface area contributed by atoms with Crippen molar-refractivity contribution in [3.05, 3.63) is 220 Å². The molecule has 1 heteroatoms. The van der Waals surface area contributed by atoms with Crippen LogP contribution >= 0.6 is 0 Å². The molecule has 2 unspecified atom stereocenters. The molecule has 362 valence electrons. The third-order valence-corrected chi connectivity index (χ3v) is 21.1. The molecular formula is C72H69N. The van der Waals surface area contributed by atoms with E-state index < -0.39 is 5.41 Å². The first kappa shape index (κ1) is 44.1. The summed E-state index contributed by atoms with van der Waals surface area (Å²) in [5, 5.41) is 0. The number of fused-ring (bicyclic) bond motifs is 13. The van der Waals surface area contributed by atoms with E-state index in [1.807, 2.05) is 0 Å². The molecule has 0 amide bonds. The molecule has 8 aromatic carbocycles. The Labute approximate surface area is 434 Å². The van der Waals surface area contributed by atoms with Crippen LogP contribution in [0.5, 0.6) is 0 Å². The highest BCUT2D eigenvalue weighted by molar-refractivity contribution is 6.03. The summed E-state index contributed by atoms with van der Waals surface area (Å²) in [6.07, 6.45) is 19.2. The average molecular weight is 948 g/mol. The lowest BCUT2D eigenvalue weighted by molar-refractivity contribution is 0.286. The minimum Gasteiger partial charge on any atom is -0.309 e. The number of nitrogens with zero attached hydrogens (tertiary/aromatic N) is 1. The van der Waals surface area contributed by atoms with Gasteiger partial charge in [-0.1, -0.05) is 205 Å². The van der Waals surface area contributed by atoms with E-state index in [0.717, 1.165) is 0 Å². The second-order valence-electron chi connectivity index (χ2n) is 25.5. The van der Waals surface area contributed by atoms with Gasteiger partial charge in [0.15, 0.2) is 0 Å². The molecule has 7 aliphatic rings. The number of anilines is 3. The van der Waals surface area contributed by atoms with E-state index in [0.29, 0.717) is 10.8 Å². The first-order valence-corrected chi connectivity index (χ1v) is 28.3. The van der Waals surface area contributed by atoms with E-state index in [4.69, 9.17) is 0 Å². The Balaban J connectivity index is 0.991. The summed E-state index contributed by atoms with van der Waals surface area (Å²) < 4.78 is 0. The Morgan fingerprint density at radius 3 is 1.48 bits per heavy atom. The summed E-state index contributed by atoms with van der Waals surface area (Å²) in [5.74, 6) is 0. The van der Waals surface area contributed by atoms with Crippen LogP contribution in [0, 0.1) is 10.8 Å². The molecule has 0 bridgehead atoms. The minimum atomic E-state index is -0.481. The molecule has 73 heavy (non-hydrogen) atoms. The van der Waals surface area contributed by atoms with Gasteiger partial charge >= 0.3 is 0 Å². The fourth-order valence-corrected chi connectivity index (χ4v) is 17.6. The first-order chi connectivity index (χ1) is 35.5. The van der Waals surface area contributed by atoms with Crippen molar-refractivity contribution in [3.8, 4) is 44.5 Å². The molecule has 8 aromatic rings. The normalized spacial score (nSPS) is 24.7. The number of hydrogen-bond acceptors (Lipinski definition) is 1. The van der Waals surface area contributed by atoms with Crippen LogP contribution in [0.4, 0.5) is 17.1 Å². The van der Waals surface area contributed by atoms with E-state index in [1.165, 1.54) is 185 Å². The summed E-state index contributed by atoms with van der Waals surface area (Å²) in [4.78, 5) is 2.64. The Kier molecular flexibility index (Phi) is 9.39. The minimum absolute atomic E-state index is 0.144. The number of rotatable bonds is 6. The number of benzene rings is 8. The molecule has 1 nitrogen and oxygen atoms in total. The predicted molar refractivity (Wildman–Crippen MR) is 305 cm³/mol. The number of para-hydroxylation sites is 1. The van der Waals surface area contributed by atoms with Gasteiger partial charge in [-0.3, -0.25) is 0 Å². The highest BCUT2D eigenvalue weighted by Gasteiger charge is 2.55. The van der Waals surface area contributed by atoms with Crippen LogP contribution in [0.25, 0.3) is 44.5 Å². The lowest BCUT2D eigenvalue weighted by Gasteiger charge is -2.35. The quantitative estimate of drug-likeness (QED) is 0.161. The molecule has 0 aromatic heterocycles. The topological polar surface area (TPSA) is 3.24 Å². The van der Waals surface area contributed by atoms with Gasteiger partial charge in [0.1, 0.15) is 0 Å². The third kappa shape index (κ3) is 6.15. The third-order valence-electron chi connectivity index (χ3n) is 21.1. The Morgan fingerprint density at radius 2 is 0.836 bits per heavy atom. The maximum Gasteiger partial charge on any atom is 0.0726 e. The zero-order chi connectivity index (χ0) is 49.0. The van der Waals surface area contributed by atoms with Crippen molar-refractivity contribution in [1.82, 2.24) is 0 Å². The molecule has 7 aliphatic carbocycles. The fraction of sp³-hybridized carbons (Fsp3) is 0.333. The predicted octanol–water partition coefficient (Wildman–Crippen LogP) is 19.5. The van der Waals surface area contributed by atoms with Crippen molar-refractivity contribution in [2.75, 3.05) is 4.90 Å². The van der Waals surface area contributed by atoms with Crippen LogP contribution in [-0.4, -0.2) is 0 Å².